The highest BCUT2D eigenvalue weighted by Gasteiger charge is 2.45. The fraction of sp³-hybridized carbons (Fsp3) is 0.441. The molecule has 3 aromatic carbocycles. The van der Waals surface area contributed by atoms with Gasteiger partial charge in [0, 0.05) is 32.2 Å². The Bertz CT molecular complexity index is 1830. The molecular formula is C34H44N4O9S2. The maximum atomic E-state index is 14.0. The number of nitrogens with zero attached hydrogens (tertiary/aromatic N) is 1. The minimum atomic E-state index is -3.89. The van der Waals surface area contributed by atoms with Crippen LogP contribution in [-0.2, 0) is 35.9 Å². The molecule has 5 rings (SSSR count). The number of benzene rings is 3. The number of sulfone groups is 1. The fourth-order valence-corrected chi connectivity index (χ4v) is 8.90. The lowest BCUT2D eigenvalue weighted by molar-refractivity contribution is -0.115. The molecule has 13 nitrogen and oxygen atoms in total. The van der Waals surface area contributed by atoms with Crippen LogP contribution < -0.4 is 26.3 Å². The van der Waals surface area contributed by atoms with E-state index < -0.39 is 43.2 Å². The summed E-state index contributed by atoms with van der Waals surface area (Å²) < 4.78 is 71.6. The SMILES string of the molecule is CCOc1ccc(-c2ccc(CN)cc2)cc1S(=O)(=O)N1CCC2(CC1)C[C@H](NC[C@H](O)COc1cccc(S(=O)(=O)CC(N)=O)c1)CO2. The molecule has 0 unspecified atom stereocenters. The quantitative estimate of drug-likeness (QED) is 0.179. The molecule has 0 aliphatic carbocycles. The maximum Gasteiger partial charge on any atom is 0.246 e. The van der Waals surface area contributed by atoms with Crippen LogP contribution in [0, 0.1) is 0 Å². The lowest BCUT2D eigenvalue weighted by Gasteiger charge is -2.38. The van der Waals surface area contributed by atoms with Crippen molar-refractivity contribution in [3.8, 4) is 22.6 Å². The molecule has 0 radical (unpaired) electrons. The summed E-state index contributed by atoms with van der Waals surface area (Å²) in [5.41, 5.74) is 12.9. The number of hydrogen-bond donors (Lipinski definition) is 4. The van der Waals surface area contributed by atoms with E-state index in [0.717, 1.165) is 16.7 Å². The van der Waals surface area contributed by atoms with Gasteiger partial charge in [0.2, 0.25) is 15.9 Å². The van der Waals surface area contributed by atoms with Gasteiger partial charge in [-0.2, -0.15) is 4.31 Å². The predicted octanol–water partition coefficient (Wildman–Crippen LogP) is 1.81. The van der Waals surface area contributed by atoms with Crippen molar-refractivity contribution in [3.05, 3.63) is 72.3 Å². The molecule has 3 aromatic rings. The number of nitrogens with one attached hydrogen (secondary N) is 1. The third-order valence-electron chi connectivity index (χ3n) is 8.81. The Morgan fingerprint density at radius 3 is 2.43 bits per heavy atom. The smallest absolute Gasteiger partial charge is 0.246 e. The van der Waals surface area contributed by atoms with Crippen LogP contribution in [-0.4, -0.2) is 95.1 Å². The van der Waals surface area contributed by atoms with Crippen LogP contribution in [0.4, 0.5) is 0 Å². The van der Waals surface area contributed by atoms with E-state index in [9.17, 15) is 26.7 Å². The number of primary amides is 1. The average molecular weight is 717 g/mol. The van der Waals surface area contributed by atoms with E-state index in [4.69, 9.17) is 25.7 Å². The molecule has 2 atom stereocenters. The number of carbonyl (C=O) groups is 1. The number of sulfonamides is 1. The lowest BCUT2D eigenvalue weighted by atomic mass is 9.88. The Morgan fingerprint density at radius 1 is 1.04 bits per heavy atom. The van der Waals surface area contributed by atoms with E-state index in [1.807, 2.05) is 37.3 Å². The van der Waals surface area contributed by atoms with Crippen molar-refractivity contribution in [1.82, 2.24) is 9.62 Å². The van der Waals surface area contributed by atoms with Gasteiger partial charge in [0.1, 0.15) is 34.9 Å². The molecule has 0 aromatic heterocycles. The summed E-state index contributed by atoms with van der Waals surface area (Å²) in [5.74, 6) is -1.22. The van der Waals surface area contributed by atoms with Crippen LogP contribution in [0.2, 0.25) is 0 Å². The normalized spacial score (nSPS) is 18.7. The molecule has 1 amide bonds. The van der Waals surface area contributed by atoms with Gasteiger partial charge in [0.15, 0.2) is 9.84 Å². The number of carbonyl (C=O) groups excluding carboxylic acids is 1. The monoisotopic (exact) mass is 716 g/mol. The summed E-state index contributed by atoms with van der Waals surface area (Å²) in [6.45, 7) is 3.68. The first kappa shape index (κ1) is 36.7. The van der Waals surface area contributed by atoms with Crippen LogP contribution in [0.5, 0.6) is 11.5 Å². The van der Waals surface area contributed by atoms with Crippen LogP contribution in [0.15, 0.2) is 76.5 Å². The molecule has 266 valence electrons. The Kier molecular flexibility index (Phi) is 11.6. The largest absolute Gasteiger partial charge is 0.492 e. The van der Waals surface area contributed by atoms with Gasteiger partial charge in [-0.25, -0.2) is 16.8 Å². The molecular weight excluding hydrogens is 673 g/mol. The van der Waals surface area contributed by atoms with E-state index in [1.54, 1.807) is 18.2 Å². The van der Waals surface area contributed by atoms with Gasteiger partial charge in [-0.3, -0.25) is 4.79 Å². The van der Waals surface area contributed by atoms with Gasteiger partial charge < -0.3 is 36.1 Å². The zero-order valence-corrected chi connectivity index (χ0v) is 29.0. The molecule has 15 heteroatoms. The summed E-state index contributed by atoms with van der Waals surface area (Å²) in [7, 11) is -7.76. The average Bonchev–Trinajstić information content (AvgIpc) is 3.48. The third kappa shape index (κ3) is 8.97. The summed E-state index contributed by atoms with van der Waals surface area (Å²) in [6.07, 6.45) is 0.806. The number of piperidine rings is 1. The van der Waals surface area contributed by atoms with E-state index in [-0.39, 0.29) is 34.7 Å². The van der Waals surface area contributed by atoms with Gasteiger partial charge in [-0.05, 0) is 73.2 Å². The maximum absolute atomic E-state index is 14.0. The van der Waals surface area contributed by atoms with Crippen LogP contribution in [0.25, 0.3) is 11.1 Å². The first-order valence-electron chi connectivity index (χ1n) is 16.2. The number of aliphatic hydroxyl groups excluding tert-OH is 1. The van der Waals surface area contributed by atoms with Crippen LogP contribution in [0.1, 0.15) is 31.7 Å². The van der Waals surface area contributed by atoms with Crippen molar-refractivity contribution in [3.63, 3.8) is 0 Å². The number of aliphatic hydroxyl groups is 1. The molecule has 6 N–H and O–H groups in total. The number of ether oxygens (including phenoxy) is 3. The van der Waals surface area contributed by atoms with E-state index in [0.29, 0.717) is 57.9 Å². The predicted molar refractivity (Wildman–Crippen MR) is 183 cm³/mol. The van der Waals surface area contributed by atoms with Crippen molar-refractivity contribution < 1.29 is 40.9 Å². The Morgan fingerprint density at radius 2 is 1.76 bits per heavy atom. The molecule has 2 saturated heterocycles. The van der Waals surface area contributed by atoms with Gasteiger partial charge in [-0.15, -0.1) is 0 Å². The first-order chi connectivity index (χ1) is 23.3. The van der Waals surface area contributed by atoms with Crippen molar-refractivity contribution >= 4 is 25.8 Å². The van der Waals surface area contributed by atoms with Crippen LogP contribution in [0.3, 0.4) is 0 Å². The third-order valence-corrected chi connectivity index (χ3v) is 12.4. The molecule has 0 saturated carbocycles. The molecule has 2 aliphatic rings. The molecule has 2 heterocycles. The van der Waals surface area contributed by atoms with E-state index >= 15 is 0 Å². The summed E-state index contributed by atoms with van der Waals surface area (Å²) in [4.78, 5) is 11.1. The summed E-state index contributed by atoms with van der Waals surface area (Å²) in [5, 5.41) is 13.8. The molecule has 1 spiro atoms. The number of rotatable bonds is 15. The second kappa shape index (κ2) is 15.5. The summed E-state index contributed by atoms with van der Waals surface area (Å²) >= 11 is 0. The fourth-order valence-electron chi connectivity index (χ4n) is 6.18. The van der Waals surface area contributed by atoms with E-state index in [1.165, 1.54) is 22.5 Å². The topological polar surface area (TPSA) is 201 Å². The van der Waals surface area contributed by atoms with E-state index in [2.05, 4.69) is 5.32 Å². The second-order valence-electron chi connectivity index (χ2n) is 12.4. The molecule has 2 aliphatic heterocycles. The van der Waals surface area contributed by atoms with Crippen molar-refractivity contribution in [2.75, 3.05) is 45.2 Å². The van der Waals surface area contributed by atoms with Gasteiger partial charge in [0.25, 0.3) is 0 Å². The number of nitrogens with two attached hydrogens (primary N) is 2. The van der Waals surface area contributed by atoms with Crippen molar-refractivity contribution in [2.24, 2.45) is 11.5 Å². The molecule has 0 bridgehead atoms. The standard InChI is InChI=1S/C34H44N4O9S2/c1-2-45-31-11-10-26(25-8-6-24(19-35)7-9-25)16-32(31)49(43,44)38-14-12-34(13-15-38)18-27(21-47-34)37-20-28(39)22-46-29-4-3-5-30(17-29)48(41,42)23-33(36)40/h3-11,16-17,27-28,37,39H,2,12-15,18-23,35H2,1H3,(H2,36,40)/t27-,28-/m0/s1. The minimum Gasteiger partial charge on any atom is -0.492 e. The Hall–Kier alpha value is -3.57. The Balaban J connectivity index is 1.14. The zero-order valence-electron chi connectivity index (χ0n) is 27.4. The van der Waals surface area contributed by atoms with Gasteiger partial charge >= 0.3 is 0 Å². The highest BCUT2D eigenvalue weighted by Crippen LogP contribution is 2.39. The highest BCUT2D eigenvalue weighted by molar-refractivity contribution is 7.92. The van der Waals surface area contributed by atoms with Crippen LogP contribution >= 0.6 is 0 Å². The van der Waals surface area contributed by atoms with Crippen molar-refractivity contribution in [1.29, 1.82) is 0 Å². The second-order valence-corrected chi connectivity index (χ2v) is 16.3. The molecule has 49 heavy (non-hydrogen) atoms. The lowest BCUT2D eigenvalue weighted by Crippen LogP contribution is -2.47. The van der Waals surface area contributed by atoms with Gasteiger partial charge in [0.05, 0.1) is 23.7 Å². The number of hydrogen-bond acceptors (Lipinski definition) is 11. The Labute approximate surface area is 287 Å². The number of amides is 1. The molecule has 2 fully saturated rings. The van der Waals surface area contributed by atoms with Gasteiger partial charge in [-0.1, -0.05) is 36.4 Å². The highest BCUT2D eigenvalue weighted by atomic mass is 32.2. The first-order valence-corrected chi connectivity index (χ1v) is 19.3. The minimum absolute atomic E-state index is 0.0491. The van der Waals surface area contributed by atoms with Crippen molar-refractivity contribution in [2.45, 2.75) is 60.3 Å². The zero-order chi connectivity index (χ0) is 35.2. The summed E-state index contributed by atoms with van der Waals surface area (Å²) in [6, 6.07) is 18.6.